The van der Waals surface area contributed by atoms with Crippen molar-refractivity contribution in [2.75, 3.05) is 13.6 Å². The fraction of sp³-hybridized carbons (Fsp3) is 0.700. The maximum absolute atomic E-state index is 12.1. The van der Waals surface area contributed by atoms with Gasteiger partial charge in [0.05, 0.1) is 12.0 Å². The summed E-state index contributed by atoms with van der Waals surface area (Å²) in [6, 6.07) is 0. The summed E-state index contributed by atoms with van der Waals surface area (Å²) in [5.74, 6) is 0.709. The van der Waals surface area contributed by atoms with Crippen molar-refractivity contribution in [2.45, 2.75) is 26.8 Å². The lowest BCUT2D eigenvalue weighted by atomic mass is 9.86. The van der Waals surface area contributed by atoms with E-state index in [0.717, 1.165) is 6.42 Å². The highest BCUT2D eigenvalue weighted by molar-refractivity contribution is 5.82. The van der Waals surface area contributed by atoms with Gasteiger partial charge in [-0.15, -0.1) is 0 Å². The highest BCUT2D eigenvalue weighted by Crippen LogP contribution is 2.22. The van der Waals surface area contributed by atoms with Gasteiger partial charge in [-0.25, -0.2) is 4.98 Å². The van der Waals surface area contributed by atoms with Gasteiger partial charge in [0.2, 0.25) is 5.91 Å². The SMILES string of the molecule is CCC(C)(CN)C(=O)N(C)Cc1ncn[nH]1. The van der Waals surface area contributed by atoms with Crippen LogP contribution in [-0.2, 0) is 11.3 Å². The van der Waals surface area contributed by atoms with E-state index in [1.165, 1.54) is 6.33 Å². The van der Waals surface area contributed by atoms with Crippen molar-refractivity contribution >= 4 is 5.91 Å². The molecule has 0 aliphatic rings. The maximum Gasteiger partial charge on any atom is 0.229 e. The molecule has 3 N–H and O–H groups in total. The molecule has 0 radical (unpaired) electrons. The molecule has 16 heavy (non-hydrogen) atoms. The van der Waals surface area contributed by atoms with Gasteiger partial charge in [0.25, 0.3) is 0 Å². The van der Waals surface area contributed by atoms with Gasteiger partial charge in [0, 0.05) is 13.6 Å². The van der Waals surface area contributed by atoms with Gasteiger partial charge in [-0.3, -0.25) is 9.89 Å². The first kappa shape index (κ1) is 12.6. The minimum atomic E-state index is -0.491. The Balaban J connectivity index is 2.67. The minimum absolute atomic E-state index is 0.0360. The number of rotatable bonds is 5. The van der Waals surface area contributed by atoms with Crippen LogP contribution in [0.15, 0.2) is 6.33 Å². The second-order valence-electron chi connectivity index (χ2n) is 4.21. The van der Waals surface area contributed by atoms with Crippen molar-refractivity contribution in [3.63, 3.8) is 0 Å². The molecule has 0 saturated heterocycles. The molecule has 1 atom stereocenters. The van der Waals surface area contributed by atoms with Crippen LogP contribution >= 0.6 is 0 Å². The molecule has 0 aromatic carbocycles. The third kappa shape index (κ3) is 2.57. The number of aromatic nitrogens is 3. The smallest absolute Gasteiger partial charge is 0.229 e. The molecule has 1 rings (SSSR count). The van der Waals surface area contributed by atoms with Gasteiger partial charge in [-0.05, 0) is 13.3 Å². The van der Waals surface area contributed by atoms with Crippen molar-refractivity contribution in [2.24, 2.45) is 11.1 Å². The lowest BCUT2D eigenvalue weighted by Crippen LogP contribution is -2.44. The summed E-state index contributed by atoms with van der Waals surface area (Å²) in [6.45, 7) is 4.62. The number of carbonyl (C=O) groups excluding carboxylic acids is 1. The molecule has 0 aliphatic heterocycles. The van der Waals surface area contributed by atoms with Crippen LogP contribution in [0.25, 0.3) is 0 Å². The van der Waals surface area contributed by atoms with E-state index < -0.39 is 5.41 Å². The Kier molecular flexibility index (Phi) is 4.00. The molecular formula is C10H19N5O. The number of nitrogens with one attached hydrogen (secondary N) is 1. The van der Waals surface area contributed by atoms with Crippen LogP contribution in [0.5, 0.6) is 0 Å². The quantitative estimate of drug-likeness (QED) is 0.746. The Bertz CT molecular complexity index is 331. The van der Waals surface area contributed by atoms with Crippen molar-refractivity contribution in [3.05, 3.63) is 12.2 Å². The molecule has 6 heteroatoms. The first-order valence-electron chi connectivity index (χ1n) is 5.33. The van der Waals surface area contributed by atoms with E-state index in [1.807, 2.05) is 13.8 Å². The Labute approximate surface area is 95.2 Å². The number of carbonyl (C=O) groups is 1. The zero-order valence-corrected chi connectivity index (χ0v) is 10.0. The average Bonchev–Trinajstić information content (AvgIpc) is 2.79. The fourth-order valence-electron chi connectivity index (χ4n) is 1.45. The number of amides is 1. The molecule has 0 saturated carbocycles. The third-order valence-corrected chi connectivity index (χ3v) is 2.95. The van der Waals surface area contributed by atoms with Crippen LogP contribution in [-0.4, -0.2) is 39.6 Å². The van der Waals surface area contributed by atoms with Crippen molar-refractivity contribution in [1.82, 2.24) is 20.1 Å². The second-order valence-corrected chi connectivity index (χ2v) is 4.21. The van der Waals surface area contributed by atoms with E-state index in [4.69, 9.17) is 5.73 Å². The van der Waals surface area contributed by atoms with E-state index in [9.17, 15) is 4.79 Å². The number of hydrogen-bond donors (Lipinski definition) is 2. The van der Waals surface area contributed by atoms with Crippen molar-refractivity contribution < 1.29 is 4.79 Å². The molecule has 1 aromatic heterocycles. The summed E-state index contributed by atoms with van der Waals surface area (Å²) < 4.78 is 0. The lowest BCUT2D eigenvalue weighted by Gasteiger charge is -2.30. The van der Waals surface area contributed by atoms with E-state index in [0.29, 0.717) is 18.9 Å². The Hall–Kier alpha value is -1.43. The maximum atomic E-state index is 12.1. The third-order valence-electron chi connectivity index (χ3n) is 2.95. The summed E-state index contributed by atoms with van der Waals surface area (Å²) in [4.78, 5) is 17.7. The number of hydrogen-bond acceptors (Lipinski definition) is 4. The minimum Gasteiger partial charge on any atom is -0.338 e. The number of nitrogens with zero attached hydrogens (tertiary/aromatic N) is 3. The van der Waals surface area contributed by atoms with Crippen LogP contribution in [0.2, 0.25) is 0 Å². The van der Waals surface area contributed by atoms with Crippen molar-refractivity contribution in [1.29, 1.82) is 0 Å². The molecule has 1 heterocycles. The van der Waals surface area contributed by atoms with Gasteiger partial charge in [-0.2, -0.15) is 5.10 Å². The fourth-order valence-corrected chi connectivity index (χ4v) is 1.45. The monoisotopic (exact) mass is 225 g/mol. The van der Waals surface area contributed by atoms with E-state index in [2.05, 4.69) is 15.2 Å². The zero-order valence-electron chi connectivity index (χ0n) is 10.0. The van der Waals surface area contributed by atoms with Crippen LogP contribution in [0.3, 0.4) is 0 Å². The van der Waals surface area contributed by atoms with Gasteiger partial charge in [-0.1, -0.05) is 6.92 Å². The topological polar surface area (TPSA) is 87.9 Å². The van der Waals surface area contributed by atoms with Crippen molar-refractivity contribution in [3.8, 4) is 0 Å². The second kappa shape index (κ2) is 5.07. The molecule has 1 amide bonds. The number of nitrogens with two attached hydrogens (primary N) is 1. The van der Waals surface area contributed by atoms with Gasteiger partial charge in [0.15, 0.2) is 0 Å². The standard InChI is InChI=1S/C10H19N5O/c1-4-10(2,6-11)9(16)15(3)5-8-12-7-13-14-8/h7H,4-6,11H2,1-3H3,(H,12,13,14). The summed E-state index contributed by atoms with van der Waals surface area (Å²) >= 11 is 0. The predicted octanol–water partition coefficient (Wildman–Crippen LogP) is 0.138. The lowest BCUT2D eigenvalue weighted by molar-refractivity contribution is -0.140. The highest BCUT2D eigenvalue weighted by atomic mass is 16.2. The number of aromatic amines is 1. The normalized spacial score (nSPS) is 14.5. The average molecular weight is 225 g/mol. The van der Waals surface area contributed by atoms with Crippen LogP contribution < -0.4 is 5.73 Å². The first-order chi connectivity index (χ1) is 7.53. The Morgan fingerprint density at radius 3 is 2.81 bits per heavy atom. The van der Waals surface area contributed by atoms with E-state index in [-0.39, 0.29) is 5.91 Å². The molecule has 6 nitrogen and oxygen atoms in total. The predicted molar refractivity (Wildman–Crippen MR) is 60.3 cm³/mol. The number of H-pyrrole nitrogens is 1. The molecule has 1 aromatic rings. The zero-order chi connectivity index (χ0) is 12.2. The summed E-state index contributed by atoms with van der Waals surface area (Å²) in [5, 5.41) is 6.46. The molecule has 0 bridgehead atoms. The highest BCUT2D eigenvalue weighted by Gasteiger charge is 2.32. The summed E-state index contributed by atoms with van der Waals surface area (Å²) in [6.07, 6.45) is 2.15. The largest absolute Gasteiger partial charge is 0.338 e. The molecule has 90 valence electrons. The summed E-state index contributed by atoms with van der Waals surface area (Å²) in [7, 11) is 1.74. The Morgan fingerprint density at radius 1 is 1.69 bits per heavy atom. The van der Waals surface area contributed by atoms with E-state index >= 15 is 0 Å². The molecular weight excluding hydrogens is 206 g/mol. The van der Waals surface area contributed by atoms with E-state index in [1.54, 1.807) is 11.9 Å². The molecule has 0 spiro atoms. The van der Waals surface area contributed by atoms with Gasteiger partial charge in [0.1, 0.15) is 12.2 Å². The Morgan fingerprint density at radius 2 is 2.38 bits per heavy atom. The van der Waals surface area contributed by atoms with Crippen LogP contribution in [0, 0.1) is 5.41 Å². The molecule has 0 fully saturated rings. The van der Waals surface area contributed by atoms with Crippen LogP contribution in [0.4, 0.5) is 0 Å². The van der Waals surface area contributed by atoms with Gasteiger partial charge >= 0.3 is 0 Å². The molecule has 0 aliphatic carbocycles. The van der Waals surface area contributed by atoms with Gasteiger partial charge < -0.3 is 10.6 Å². The summed E-state index contributed by atoms with van der Waals surface area (Å²) in [5.41, 5.74) is 5.16. The first-order valence-corrected chi connectivity index (χ1v) is 5.33. The molecule has 1 unspecified atom stereocenters. The van der Waals surface area contributed by atoms with Crippen LogP contribution in [0.1, 0.15) is 26.1 Å².